The van der Waals surface area contributed by atoms with Gasteiger partial charge in [-0.05, 0) is 264 Å². The third-order valence-electron chi connectivity index (χ3n) is 25.0. The number of aromatic nitrogens is 12. The molecule has 0 aliphatic carbocycles. The topological polar surface area (TPSA) is 441 Å². The number of amides is 2. The highest BCUT2D eigenvalue weighted by Gasteiger charge is 2.33. The fourth-order valence-electron chi connectivity index (χ4n) is 16.9. The Labute approximate surface area is 783 Å². The Morgan fingerprint density at radius 3 is 1.16 bits per heavy atom. The number of anilines is 12. The monoisotopic (exact) mass is 1910 g/mol. The number of sulfone groups is 4. The van der Waals surface area contributed by atoms with Crippen molar-refractivity contribution in [2.75, 3.05) is 111 Å². The molecule has 12 aromatic rings. The molecule has 716 valence electrons. The van der Waals surface area contributed by atoms with Crippen molar-refractivity contribution in [3.63, 3.8) is 0 Å². The molecule has 3 fully saturated rings. The summed E-state index contributed by atoms with van der Waals surface area (Å²) in [5.74, 6) is 4.71. The summed E-state index contributed by atoms with van der Waals surface area (Å²) in [6.45, 7) is 27.1. The van der Waals surface area contributed by atoms with Crippen molar-refractivity contribution in [3.05, 3.63) is 185 Å². The molecule has 35 nitrogen and oxygen atoms in total. The Morgan fingerprint density at radius 2 is 0.799 bits per heavy atom. The van der Waals surface area contributed by atoms with Crippen LogP contribution in [0.25, 0.3) is 16.9 Å². The zero-order valence-corrected chi connectivity index (χ0v) is 81.8. The fraction of sp³-hybridized carbons (Fsp3) is 0.442. The van der Waals surface area contributed by atoms with E-state index in [1.807, 2.05) is 41.8 Å². The van der Waals surface area contributed by atoms with Crippen LogP contribution in [0.5, 0.6) is 11.5 Å². The Balaban J connectivity index is 0.000000171. The fourth-order valence-corrected chi connectivity index (χ4v) is 21.1. The number of methoxy groups -OCH3 is 2. The van der Waals surface area contributed by atoms with Crippen molar-refractivity contribution in [1.29, 1.82) is 0 Å². The van der Waals surface area contributed by atoms with E-state index in [4.69, 9.17) is 14.6 Å². The molecule has 0 spiro atoms. The maximum Gasteiger partial charge on any atom is 0.233 e. The molecule has 3 aliphatic heterocycles. The molecule has 0 bridgehead atoms. The first-order valence-electron chi connectivity index (χ1n) is 45.4. The number of carbonyl (C=O) groups is 2. The smallest absolute Gasteiger partial charge is 0.233 e. The number of nitrogens with one attached hydrogen (secondary N) is 6. The van der Waals surface area contributed by atoms with Gasteiger partial charge in [0.2, 0.25) is 47.5 Å². The summed E-state index contributed by atoms with van der Waals surface area (Å²) in [6, 6.07) is 37.9. The third-order valence-corrected chi connectivity index (χ3v) is 32.5. The summed E-state index contributed by atoms with van der Waals surface area (Å²) in [5, 5.41) is 49.2. The lowest BCUT2D eigenvalue weighted by Gasteiger charge is -2.34. The maximum absolute atomic E-state index is 13.1. The van der Waals surface area contributed by atoms with E-state index in [-0.39, 0.29) is 62.6 Å². The highest BCUT2D eigenvalue weighted by molar-refractivity contribution is 7.92. The minimum atomic E-state index is -3.57. The van der Waals surface area contributed by atoms with E-state index in [2.05, 4.69) is 128 Å². The van der Waals surface area contributed by atoms with Gasteiger partial charge in [0, 0.05) is 75.2 Å². The molecule has 0 saturated carbocycles. The Kier molecular flexibility index (Phi) is 32.0. The number of hydrogen-bond donors (Lipinski definition) is 8. The Bertz CT molecular complexity index is 6690. The van der Waals surface area contributed by atoms with Gasteiger partial charge in [-0.1, -0.05) is 56.3 Å². The van der Waals surface area contributed by atoms with E-state index in [1.165, 1.54) is 36.5 Å². The molecule has 8 N–H and O–H groups in total. The van der Waals surface area contributed by atoms with Gasteiger partial charge < -0.3 is 66.3 Å². The summed E-state index contributed by atoms with van der Waals surface area (Å²) in [7, 11) is -10.4. The van der Waals surface area contributed by atoms with Gasteiger partial charge in [-0.15, -0.1) is 0 Å². The molecule has 0 unspecified atom stereocenters. The predicted molar refractivity (Wildman–Crippen MR) is 521 cm³/mol. The van der Waals surface area contributed by atoms with Gasteiger partial charge in [0.1, 0.15) is 21.3 Å². The van der Waals surface area contributed by atoms with Crippen LogP contribution in [-0.2, 0) is 48.9 Å². The molecule has 15 rings (SSSR count). The van der Waals surface area contributed by atoms with Gasteiger partial charge in [0.05, 0.1) is 110 Å². The lowest BCUT2D eigenvalue weighted by Crippen LogP contribution is -2.40. The minimum Gasteiger partial charge on any atom is -0.495 e. The molecular formula is C95H123N21O14S4. The summed E-state index contributed by atoms with van der Waals surface area (Å²) in [6.07, 6.45) is 12.9. The molecule has 6 aromatic carbocycles. The summed E-state index contributed by atoms with van der Waals surface area (Å²) in [5.41, 5.74) is 13.1. The van der Waals surface area contributed by atoms with E-state index >= 15 is 0 Å². The average molecular weight is 1910 g/mol. The zero-order chi connectivity index (χ0) is 96.3. The number of benzene rings is 6. The quantitative estimate of drug-likeness (QED) is 0.0189. The van der Waals surface area contributed by atoms with E-state index in [9.17, 15) is 48.4 Å². The SMILES string of the molecule is CC[C@H](C)C(=O)N1CCC(c2cc(OC)c(Nc3nc(Nc4ccccc4S(=O)(=O)C(C)C)n4nccc4n3)cc2C)CC1.COc1cc(C2CCN(C(=O)CCC[C@@H](O)CO)CC2)c(C)cc1Nc1nc(Nc2ccccc2S(=O)(=O)C(C)C)n2nccc2n1.Cc1cc(C2CCN(CCS(C)(=O)=O)CC2)c(C)cc1Nc1nc(Nc2ccccc2S(=O)(=O)C(C)C)n2nccc2n1. The number of hydrogen-bond acceptors (Lipinski definition) is 30. The van der Waals surface area contributed by atoms with E-state index < -0.39 is 61.2 Å². The molecule has 9 heterocycles. The van der Waals surface area contributed by atoms with E-state index in [1.54, 1.807) is 165 Å². The molecule has 2 atom stereocenters. The lowest BCUT2D eigenvalue weighted by molar-refractivity contribution is -0.136. The van der Waals surface area contributed by atoms with Crippen LogP contribution >= 0.6 is 0 Å². The number of piperidine rings is 3. The van der Waals surface area contributed by atoms with Crippen molar-refractivity contribution in [2.45, 2.75) is 202 Å². The van der Waals surface area contributed by atoms with Crippen LogP contribution in [-0.4, -0.2) is 230 Å². The molecule has 2 amide bonds. The van der Waals surface area contributed by atoms with Crippen LogP contribution in [0.1, 0.15) is 176 Å². The molecular weight excluding hydrogens is 1790 g/mol. The molecule has 6 aromatic heterocycles. The van der Waals surface area contributed by atoms with E-state index in [0.29, 0.717) is 131 Å². The van der Waals surface area contributed by atoms with Crippen LogP contribution in [0.15, 0.2) is 161 Å². The van der Waals surface area contributed by atoms with E-state index in [0.717, 1.165) is 99.1 Å². The molecule has 3 aliphatic rings. The number of aliphatic hydroxyl groups excluding tert-OH is 2. The van der Waals surface area contributed by atoms with Gasteiger partial charge in [-0.2, -0.15) is 58.7 Å². The van der Waals surface area contributed by atoms with Crippen molar-refractivity contribution in [1.82, 2.24) is 73.4 Å². The van der Waals surface area contributed by atoms with Gasteiger partial charge in [-0.3, -0.25) is 9.59 Å². The number of fused-ring (bicyclic) bond motifs is 3. The summed E-state index contributed by atoms with van der Waals surface area (Å²) in [4.78, 5) is 59.9. The largest absolute Gasteiger partial charge is 0.495 e. The second kappa shape index (κ2) is 43.1. The number of likely N-dealkylation sites (tertiary alicyclic amines) is 3. The number of carbonyl (C=O) groups excluding carboxylic acids is 2. The second-order valence-electron chi connectivity index (χ2n) is 35.3. The number of aryl methyl sites for hydroxylation is 4. The zero-order valence-electron chi connectivity index (χ0n) is 78.5. The second-order valence-corrected chi connectivity index (χ2v) is 45.0. The highest BCUT2D eigenvalue weighted by Crippen LogP contribution is 2.42. The minimum absolute atomic E-state index is 0.0567. The van der Waals surface area contributed by atoms with Gasteiger partial charge in [0.25, 0.3) is 0 Å². The molecule has 0 radical (unpaired) electrons. The van der Waals surface area contributed by atoms with Crippen molar-refractivity contribution >= 4 is 138 Å². The van der Waals surface area contributed by atoms with Crippen molar-refractivity contribution in [3.8, 4) is 11.5 Å². The number of rotatable bonds is 33. The van der Waals surface area contributed by atoms with Crippen LogP contribution < -0.4 is 41.4 Å². The van der Waals surface area contributed by atoms with Crippen molar-refractivity contribution in [2.24, 2.45) is 5.92 Å². The van der Waals surface area contributed by atoms with Crippen LogP contribution in [0.4, 0.5) is 69.8 Å². The summed E-state index contributed by atoms with van der Waals surface area (Å²) >= 11 is 0. The molecule has 134 heavy (non-hydrogen) atoms. The first-order chi connectivity index (χ1) is 63.8. The number of nitrogens with zero attached hydrogens (tertiary/aromatic N) is 15. The van der Waals surface area contributed by atoms with Crippen LogP contribution in [0.3, 0.4) is 0 Å². The first-order valence-corrected chi connectivity index (χ1v) is 52.1. The normalized spacial score (nSPS) is 15.0. The number of ether oxygens (including phenoxy) is 2. The van der Waals surface area contributed by atoms with Crippen LogP contribution in [0.2, 0.25) is 0 Å². The average Bonchev–Trinajstić information content (AvgIpc) is 1.60. The summed E-state index contributed by atoms with van der Waals surface area (Å²) < 4.78 is 118. The first kappa shape index (κ1) is 99.5. The lowest BCUT2D eigenvalue weighted by atomic mass is 9.85. The highest BCUT2D eigenvalue weighted by atomic mass is 32.2. The number of aliphatic hydroxyl groups is 2. The molecule has 3 saturated heterocycles. The Hall–Kier alpha value is -12.0. The standard InChI is InChI=1S/C33H43N7O6S.C32H41N7O4S.C30H39N7O4S2/c1-21(2)47(44,45)29-10-6-5-9-26(29)36-33-38-32(37-30-12-15-34-40(30)33)35-27-18-22(3)25(19-28(27)46-4)23-13-16-39(17-14-23)31(43)11-7-8-24(42)20-41;1-7-21(4)30(40)38-16-13-23(14-17-38)24-19-27(43-6)26(18-22(24)5)34-31-36-29-12-15-33-39(29)32(37-31)35-25-10-8-9-11-28(25)44(41,42)20(2)3;1-20(2)43(40,41)27-9-7-6-8-25(27)33-30-35-29(34-28-10-13-31-37(28)30)32-26-19-21(3)24(18-22(26)4)23-11-14-36(15-12-23)16-17-42(5,38)39/h5-6,9-10,12,15,18-19,21,23-24,41-42H,7-8,11,13-14,16-17,20H2,1-4H3,(H2,35,36,37,38);8-12,15,18-21,23H,7,13-14,16-17H2,1-6H3,(H2,34,35,36,37);6-10,13,18-20,23H,11-12,14-17H2,1-5H3,(H2,32,33,34,35)/t24-;21-;/m10./s1. The Morgan fingerprint density at radius 1 is 0.448 bits per heavy atom. The van der Waals surface area contributed by atoms with Gasteiger partial charge in [-0.25, -0.2) is 33.7 Å². The van der Waals surface area contributed by atoms with Crippen molar-refractivity contribution < 1.29 is 62.9 Å². The predicted octanol–water partition coefficient (Wildman–Crippen LogP) is 14.8. The van der Waals surface area contributed by atoms with Crippen LogP contribution in [0, 0.1) is 33.6 Å². The third kappa shape index (κ3) is 23.5. The number of para-hydroxylation sites is 3. The van der Waals surface area contributed by atoms with Gasteiger partial charge >= 0.3 is 0 Å². The maximum atomic E-state index is 13.1. The van der Waals surface area contributed by atoms with Gasteiger partial charge in [0.15, 0.2) is 46.5 Å². The molecule has 39 heteroatoms.